The highest BCUT2D eigenvalue weighted by Crippen LogP contribution is 2.20. The first-order valence-corrected chi connectivity index (χ1v) is 3.17. The molecule has 0 aliphatic carbocycles. The van der Waals surface area contributed by atoms with Gasteiger partial charge in [-0.1, -0.05) is 0 Å². The van der Waals surface area contributed by atoms with Gasteiger partial charge in [-0.05, 0) is 0 Å². The van der Waals surface area contributed by atoms with E-state index in [1.54, 1.807) is 0 Å². The number of methoxy groups -OCH3 is 1. The van der Waals surface area contributed by atoms with Gasteiger partial charge in [-0.15, -0.1) is 0 Å². The van der Waals surface area contributed by atoms with E-state index in [0.717, 1.165) is 6.07 Å². The first kappa shape index (κ1) is 8.64. The lowest BCUT2D eigenvalue weighted by Crippen LogP contribution is -1.95. The van der Waals surface area contributed by atoms with E-state index < -0.39 is 11.6 Å². The molecule has 0 unspecified atom stereocenters. The van der Waals surface area contributed by atoms with E-state index in [0.29, 0.717) is 6.07 Å². The first-order valence-electron chi connectivity index (χ1n) is 3.17. The van der Waals surface area contributed by atoms with Crippen LogP contribution in [0.4, 0.5) is 8.78 Å². The Morgan fingerprint density at radius 2 is 2.08 bits per heavy atom. The molecule has 1 rings (SSSR count). The van der Waals surface area contributed by atoms with Gasteiger partial charge in [-0.3, -0.25) is 4.79 Å². The van der Waals surface area contributed by atoms with E-state index >= 15 is 0 Å². The van der Waals surface area contributed by atoms with Gasteiger partial charge in [0, 0.05) is 12.1 Å². The van der Waals surface area contributed by atoms with Gasteiger partial charge in [0.05, 0.1) is 12.7 Å². The van der Waals surface area contributed by atoms with Gasteiger partial charge < -0.3 is 4.74 Å². The Bertz CT molecular complexity index is 310. The number of halogens is 2. The molecule has 0 aromatic heterocycles. The fraction of sp³-hybridized carbons (Fsp3) is 0.125. The van der Waals surface area contributed by atoms with Gasteiger partial charge in [0.25, 0.3) is 0 Å². The van der Waals surface area contributed by atoms with Crippen LogP contribution in [0, 0.1) is 11.6 Å². The molecule has 0 spiro atoms. The van der Waals surface area contributed by atoms with Gasteiger partial charge in [-0.2, -0.15) is 0 Å². The summed E-state index contributed by atoms with van der Waals surface area (Å²) in [5.74, 6) is -1.78. The van der Waals surface area contributed by atoms with E-state index in [1.165, 1.54) is 7.11 Å². The minimum absolute atomic E-state index is 0.0949. The average molecular weight is 172 g/mol. The Labute approximate surface area is 67.8 Å². The summed E-state index contributed by atoms with van der Waals surface area (Å²) in [7, 11) is 1.24. The monoisotopic (exact) mass is 172 g/mol. The molecule has 0 atom stereocenters. The average Bonchev–Trinajstić information content (AvgIpc) is 2.03. The third kappa shape index (κ3) is 1.42. The van der Waals surface area contributed by atoms with Crippen molar-refractivity contribution >= 4 is 6.29 Å². The summed E-state index contributed by atoms with van der Waals surface area (Å²) < 4.78 is 29.8. The summed E-state index contributed by atoms with van der Waals surface area (Å²) in [6.45, 7) is 0. The van der Waals surface area contributed by atoms with Crippen molar-refractivity contribution in [2.75, 3.05) is 7.11 Å². The van der Waals surface area contributed by atoms with Crippen molar-refractivity contribution in [3.8, 4) is 5.75 Å². The fourth-order valence-electron chi connectivity index (χ4n) is 0.844. The number of benzene rings is 1. The van der Waals surface area contributed by atoms with Gasteiger partial charge in [-0.25, -0.2) is 8.78 Å². The summed E-state index contributed by atoms with van der Waals surface area (Å²) in [5, 5.41) is 0. The van der Waals surface area contributed by atoms with Crippen molar-refractivity contribution in [3.63, 3.8) is 0 Å². The molecule has 1 aromatic carbocycles. The second-order valence-corrected chi connectivity index (χ2v) is 2.12. The Morgan fingerprint density at radius 3 is 2.58 bits per heavy atom. The number of hydrogen-bond donors (Lipinski definition) is 0. The van der Waals surface area contributed by atoms with E-state index in [1.807, 2.05) is 0 Å². The van der Waals surface area contributed by atoms with Crippen molar-refractivity contribution in [1.82, 2.24) is 0 Å². The lowest BCUT2D eigenvalue weighted by Gasteiger charge is -2.03. The molecule has 0 saturated carbocycles. The smallest absolute Gasteiger partial charge is 0.156 e. The highest BCUT2D eigenvalue weighted by atomic mass is 19.1. The summed E-state index contributed by atoms with van der Waals surface area (Å²) in [6.07, 6.45) is 0.285. The van der Waals surface area contributed by atoms with Crippen LogP contribution < -0.4 is 4.74 Å². The van der Waals surface area contributed by atoms with Crippen molar-refractivity contribution in [2.45, 2.75) is 0 Å². The Hall–Kier alpha value is -1.45. The number of rotatable bonds is 2. The van der Waals surface area contributed by atoms with E-state index in [2.05, 4.69) is 4.74 Å². The van der Waals surface area contributed by atoms with Crippen LogP contribution in [0.25, 0.3) is 0 Å². The molecule has 1 aromatic rings. The quantitative estimate of drug-likeness (QED) is 0.635. The van der Waals surface area contributed by atoms with Crippen LogP contribution in [0.15, 0.2) is 12.1 Å². The second-order valence-electron chi connectivity index (χ2n) is 2.12. The van der Waals surface area contributed by atoms with Crippen LogP contribution in [-0.2, 0) is 0 Å². The molecule has 0 amide bonds. The van der Waals surface area contributed by atoms with Crippen molar-refractivity contribution in [3.05, 3.63) is 29.3 Å². The molecule has 0 aliphatic rings. The highest BCUT2D eigenvalue weighted by Gasteiger charge is 2.10. The first-order chi connectivity index (χ1) is 5.69. The predicted molar refractivity (Wildman–Crippen MR) is 38.3 cm³/mol. The lowest BCUT2D eigenvalue weighted by atomic mass is 10.2. The number of hydrogen-bond acceptors (Lipinski definition) is 2. The maximum absolute atomic E-state index is 12.7. The maximum atomic E-state index is 12.7. The molecule has 0 bridgehead atoms. The highest BCUT2D eigenvalue weighted by molar-refractivity contribution is 5.79. The number of aldehydes is 1. The third-order valence-electron chi connectivity index (χ3n) is 1.39. The van der Waals surface area contributed by atoms with Crippen LogP contribution in [0.1, 0.15) is 10.4 Å². The fourth-order valence-corrected chi connectivity index (χ4v) is 0.844. The Morgan fingerprint density at radius 1 is 1.42 bits per heavy atom. The van der Waals surface area contributed by atoms with E-state index in [4.69, 9.17) is 0 Å². The molecule has 0 radical (unpaired) electrons. The Balaban J connectivity index is 3.33. The van der Waals surface area contributed by atoms with Crippen molar-refractivity contribution < 1.29 is 18.3 Å². The topological polar surface area (TPSA) is 26.3 Å². The number of carbonyl (C=O) groups excluding carboxylic acids is 1. The third-order valence-corrected chi connectivity index (χ3v) is 1.39. The molecule has 0 heterocycles. The summed E-state index contributed by atoms with van der Waals surface area (Å²) in [6, 6.07) is 1.58. The lowest BCUT2D eigenvalue weighted by molar-refractivity contribution is 0.111. The summed E-state index contributed by atoms with van der Waals surface area (Å²) in [5.41, 5.74) is -0.265. The van der Waals surface area contributed by atoms with Crippen molar-refractivity contribution in [2.24, 2.45) is 0 Å². The summed E-state index contributed by atoms with van der Waals surface area (Å²) >= 11 is 0. The minimum Gasteiger partial charge on any atom is -0.496 e. The van der Waals surface area contributed by atoms with Crippen LogP contribution in [-0.4, -0.2) is 13.4 Å². The van der Waals surface area contributed by atoms with Gasteiger partial charge in [0.15, 0.2) is 6.29 Å². The molecule has 0 saturated heterocycles. The molecule has 0 aliphatic heterocycles. The molecule has 64 valence electrons. The van der Waals surface area contributed by atoms with E-state index in [9.17, 15) is 13.6 Å². The minimum atomic E-state index is -0.915. The van der Waals surface area contributed by atoms with Crippen molar-refractivity contribution in [1.29, 1.82) is 0 Å². The molecule has 0 N–H and O–H groups in total. The molecule has 4 heteroatoms. The molecular weight excluding hydrogens is 166 g/mol. The Kier molecular flexibility index (Phi) is 2.38. The largest absolute Gasteiger partial charge is 0.496 e. The molecule has 12 heavy (non-hydrogen) atoms. The zero-order valence-electron chi connectivity index (χ0n) is 6.30. The maximum Gasteiger partial charge on any atom is 0.156 e. The van der Waals surface area contributed by atoms with E-state index in [-0.39, 0.29) is 17.6 Å². The van der Waals surface area contributed by atoms with Gasteiger partial charge in [0.1, 0.15) is 17.4 Å². The second kappa shape index (κ2) is 3.30. The summed E-state index contributed by atoms with van der Waals surface area (Å²) in [4.78, 5) is 10.3. The van der Waals surface area contributed by atoms with Crippen LogP contribution in [0.5, 0.6) is 5.75 Å². The van der Waals surface area contributed by atoms with Gasteiger partial charge >= 0.3 is 0 Å². The van der Waals surface area contributed by atoms with Crippen LogP contribution >= 0.6 is 0 Å². The molecule has 0 fully saturated rings. The standard InChI is InChI=1S/C8H6F2O2/c1-12-8-3-5(9)2-7(10)6(8)4-11/h2-4H,1H3. The zero-order chi connectivity index (χ0) is 9.14. The van der Waals surface area contributed by atoms with Crippen LogP contribution in [0.2, 0.25) is 0 Å². The van der Waals surface area contributed by atoms with Gasteiger partial charge in [0.2, 0.25) is 0 Å². The molecule has 2 nitrogen and oxygen atoms in total. The predicted octanol–water partition coefficient (Wildman–Crippen LogP) is 1.79. The molecular formula is C8H6F2O2. The normalized spacial score (nSPS) is 9.58. The van der Waals surface area contributed by atoms with Crippen LogP contribution in [0.3, 0.4) is 0 Å². The zero-order valence-corrected chi connectivity index (χ0v) is 6.30. The SMILES string of the molecule is COc1cc(F)cc(F)c1C=O. The number of carbonyl (C=O) groups is 1. The number of ether oxygens (including phenoxy) is 1.